The Morgan fingerprint density at radius 2 is 1.07 bits per heavy atom. The Hall–Kier alpha value is -5.90. The summed E-state index contributed by atoms with van der Waals surface area (Å²) >= 11 is 0. The molecule has 22 nitrogen and oxygen atoms in total. The Labute approximate surface area is 333 Å². The molecular weight excluding hydrogens is 787 g/mol. The molecule has 1 unspecified atom stereocenters. The van der Waals surface area contributed by atoms with Gasteiger partial charge in [-0.15, -0.1) is 9.05 Å². The first-order valence-corrected chi connectivity index (χ1v) is 18.7. The van der Waals surface area contributed by atoms with E-state index in [1.165, 1.54) is 6.92 Å². The molecule has 316 valence electrons. The number of hydrogen-bond donors (Lipinski definition) is 11. The number of carboxylic acids is 1. The number of benzene rings is 2. The van der Waals surface area contributed by atoms with Gasteiger partial charge in [-0.05, 0) is 18.1 Å². The molecule has 2 aromatic carbocycles. The first-order chi connectivity index (χ1) is 27.6. The number of nitrogens with one attached hydrogen (secondary N) is 7. The van der Waals surface area contributed by atoms with Crippen LogP contribution >= 0.6 is 8.25 Å². The van der Waals surface area contributed by atoms with Gasteiger partial charge >= 0.3 is 14.2 Å². The summed E-state index contributed by atoms with van der Waals surface area (Å²) in [4.78, 5) is 102. The Morgan fingerprint density at radius 3 is 1.55 bits per heavy atom. The highest BCUT2D eigenvalue weighted by Crippen LogP contribution is 2.21. The Morgan fingerprint density at radius 1 is 0.638 bits per heavy atom. The van der Waals surface area contributed by atoms with Crippen molar-refractivity contribution in [2.24, 2.45) is 5.73 Å². The SMILES string of the molecule is CO[P+](=O)OC[C@H](NC(=O)[C@H](C)NC(=O)[C@H](Cc1ccccc1)NC(=O)CN)C(=O)N[C@@H](Cc1ccccc1)C(=O)N[C@@H](CO)C(=O)N[C@@H](CO)C(=O)NCC(=O)O. The fourth-order valence-corrected chi connectivity index (χ4v) is 5.29. The van der Waals surface area contributed by atoms with Crippen LogP contribution in [-0.4, -0.2) is 139 Å². The molecular formula is C35H48N8O14P+. The summed E-state index contributed by atoms with van der Waals surface area (Å²) in [5.41, 5.74) is 6.61. The minimum atomic E-state index is -2.78. The van der Waals surface area contributed by atoms with Gasteiger partial charge in [0, 0.05) is 17.4 Å². The van der Waals surface area contributed by atoms with Crippen molar-refractivity contribution in [3.8, 4) is 0 Å². The third kappa shape index (κ3) is 17.1. The lowest BCUT2D eigenvalue weighted by molar-refractivity contribution is -0.139. The summed E-state index contributed by atoms with van der Waals surface area (Å²) in [5, 5.41) is 44.4. The Bertz CT molecular complexity index is 1740. The summed E-state index contributed by atoms with van der Waals surface area (Å²) in [6, 6.07) is 7.75. The van der Waals surface area contributed by atoms with Gasteiger partial charge in [-0.3, -0.25) is 38.4 Å². The van der Waals surface area contributed by atoms with Crippen LogP contribution in [0.1, 0.15) is 18.1 Å². The predicted octanol–water partition coefficient (Wildman–Crippen LogP) is -4.13. The van der Waals surface area contributed by atoms with E-state index in [2.05, 4.69) is 36.4 Å². The molecule has 0 spiro atoms. The van der Waals surface area contributed by atoms with E-state index in [-0.39, 0.29) is 12.8 Å². The van der Waals surface area contributed by atoms with Crippen LogP contribution in [0.3, 0.4) is 0 Å². The van der Waals surface area contributed by atoms with Crippen molar-refractivity contribution in [2.75, 3.05) is 40.0 Å². The molecule has 2 aromatic rings. The van der Waals surface area contributed by atoms with Crippen LogP contribution in [0.25, 0.3) is 0 Å². The molecule has 0 heterocycles. The van der Waals surface area contributed by atoms with Gasteiger partial charge in [-0.25, -0.2) is 0 Å². The van der Waals surface area contributed by atoms with Crippen molar-refractivity contribution in [2.45, 2.75) is 56.0 Å². The zero-order valence-corrected chi connectivity index (χ0v) is 32.4. The molecule has 0 aliphatic heterocycles. The maximum Gasteiger partial charge on any atom is 0.697 e. The molecule has 0 bridgehead atoms. The van der Waals surface area contributed by atoms with Crippen LogP contribution in [0.2, 0.25) is 0 Å². The topological polar surface area (TPSA) is 343 Å². The number of aliphatic hydroxyl groups is 2. The fraction of sp³-hybridized carbons (Fsp3) is 0.429. The minimum absolute atomic E-state index is 0.0451. The van der Waals surface area contributed by atoms with Crippen LogP contribution < -0.4 is 43.0 Å². The van der Waals surface area contributed by atoms with Crippen molar-refractivity contribution in [1.82, 2.24) is 37.2 Å². The fourth-order valence-electron chi connectivity index (χ4n) is 4.91. The number of carbonyl (C=O) groups excluding carboxylic acids is 7. The third-order valence-electron chi connectivity index (χ3n) is 7.96. The zero-order valence-electron chi connectivity index (χ0n) is 31.5. The highest BCUT2D eigenvalue weighted by atomic mass is 31.1. The highest BCUT2D eigenvalue weighted by Gasteiger charge is 2.34. The number of amides is 7. The molecule has 2 rings (SSSR count). The first-order valence-electron chi connectivity index (χ1n) is 17.6. The van der Waals surface area contributed by atoms with E-state index in [9.17, 15) is 53.1 Å². The number of aliphatic hydroxyl groups excluding tert-OH is 2. The van der Waals surface area contributed by atoms with Gasteiger partial charge in [0.05, 0.1) is 26.9 Å². The lowest BCUT2D eigenvalue weighted by Gasteiger charge is -2.26. The second-order valence-electron chi connectivity index (χ2n) is 12.4. The lowest BCUT2D eigenvalue weighted by atomic mass is 10.0. The number of carbonyl (C=O) groups is 8. The number of carboxylic acid groups (broad SMARTS) is 1. The standard InChI is InChI=1S/C35H47N8O14P/c1-20(38-32(51)23(39-28(46)15-36)13-21-9-5-3-6-10-21)30(49)43-27(19-57-58(55)56-2)35(54)40-24(14-22-11-7-4-8-12-22)33(52)42-26(18-45)34(53)41-25(17-44)31(50)37-16-29(47)48/h3-12,20,23-27,44-45H,13-19,36H2,1-2H3,(H7-,37,38,39,40,41,42,43,46,47,48,49,50,51,52,53,54)/p+1/t20-,23-,24-,25-,26-,27-/m0/s1. The van der Waals surface area contributed by atoms with E-state index >= 15 is 0 Å². The zero-order chi connectivity index (χ0) is 43.2. The Balaban J connectivity index is 2.28. The maximum atomic E-state index is 13.7. The molecule has 7 amide bonds. The van der Waals surface area contributed by atoms with E-state index in [0.29, 0.717) is 11.1 Å². The number of aliphatic carboxylic acids is 1. The largest absolute Gasteiger partial charge is 0.697 e. The summed E-state index contributed by atoms with van der Waals surface area (Å²) in [7, 11) is -1.72. The van der Waals surface area contributed by atoms with Gasteiger partial charge < -0.3 is 58.3 Å². The van der Waals surface area contributed by atoms with Crippen LogP contribution in [0, 0.1) is 0 Å². The molecule has 12 N–H and O–H groups in total. The lowest BCUT2D eigenvalue weighted by Crippen LogP contribution is -2.61. The molecule has 0 radical (unpaired) electrons. The molecule has 23 heteroatoms. The molecule has 0 aliphatic carbocycles. The summed E-state index contributed by atoms with van der Waals surface area (Å²) < 4.78 is 21.7. The third-order valence-corrected chi connectivity index (χ3v) is 8.62. The monoisotopic (exact) mass is 835 g/mol. The van der Waals surface area contributed by atoms with Crippen LogP contribution in [-0.2, 0) is 64.8 Å². The van der Waals surface area contributed by atoms with Crippen molar-refractivity contribution < 1.29 is 67.3 Å². The van der Waals surface area contributed by atoms with Gasteiger partial charge in [-0.2, -0.15) is 0 Å². The molecule has 0 aliphatic rings. The number of hydrogen-bond acceptors (Lipinski definition) is 14. The predicted molar refractivity (Wildman–Crippen MR) is 202 cm³/mol. The summed E-state index contributed by atoms with van der Waals surface area (Å²) in [6.45, 7) is -2.71. The van der Waals surface area contributed by atoms with Crippen molar-refractivity contribution >= 4 is 55.6 Å². The second-order valence-corrected chi connectivity index (χ2v) is 13.4. The molecule has 0 saturated heterocycles. The highest BCUT2D eigenvalue weighted by molar-refractivity contribution is 7.33. The van der Waals surface area contributed by atoms with Gasteiger partial charge in [0.15, 0.2) is 0 Å². The van der Waals surface area contributed by atoms with Crippen LogP contribution in [0.5, 0.6) is 0 Å². The molecule has 0 saturated carbocycles. The van der Waals surface area contributed by atoms with E-state index in [0.717, 1.165) is 7.11 Å². The number of nitrogens with two attached hydrogens (primary N) is 1. The molecule has 7 atom stereocenters. The normalized spacial score (nSPS) is 14.1. The molecule has 58 heavy (non-hydrogen) atoms. The average Bonchev–Trinajstić information content (AvgIpc) is 3.21. The number of rotatable bonds is 25. The van der Waals surface area contributed by atoms with Gasteiger partial charge in [0.2, 0.25) is 41.4 Å². The summed E-state index contributed by atoms with van der Waals surface area (Å²) in [5.74, 6) is -8.08. The average molecular weight is 836 g/mol. The molecule has 0 aromatic heterocycles. The van der Waals surface area contributed by atoms with Gasteiger partial charge in [0.25, 0.3) is 0 Å². The quantitative estimate of drug-likeness (QED) is 0.0423. The van der Waals surface area contributed by atoms with E-state index in [4.69, 9.17) is 15.4 Å². The van der Waals surface area contributed by atoms with E-state index < -0.39 is 125 Å². The Kier molecular flexibility index (Phi) is 21.1. The second kappa shape index (κ2) is 25.4. The van der Waals surface area contributed by atoms with Crippen molar-refractivity contribution in [3.63, 3.8) is 0 Å². The van der Waals surface area contributed by atoms with Crippen LogP contribution in [0.15, 0.2) is 60.7 Å². The van der Waals surface area contributed by atoms with Gasteiger partial charge in [-0.1, -0.05) is 60.7 Å². The van der Waals surface area contributed by atoms with Crippen molar-refractivity contribution in [1.29, 1.82) is 0 Å². The maximum absolute atomic E-state index is 13.7. The minimum Gasteiger partial charge on any atom is -0.480 e. The molecule has 0 fully saturated rings. The van der Waals surface area contributed by atoms with E-state index in [1.807, 2.05) is 5.32 Å². The van der Waals surface area contributed by atoms with Crippen LogP contribution in [0.4, 0.5) is 0 Å². The van der Waals surface area contributed by atoms with E-state index in [1.54, 1.807) is 60.7 Å². The first kappa shape index (κ1) is 48.2. The summed E-state index contributed by atoms with van der Waals surface area (Å²) in [6.07, 6.45) is -0.170. The van der Waals surface area contributed by atoms with Crippen molar-refractivity contribution in [3.05, 3.63) is 71.8 Å². The van der Waals surface area contributed by atoms with Gasteiger partial charge in [0.1, 0.15) is 49.4 Å². The smallest absolute Gasteiger partial charge is 0.480 e.